The molecule has 30 heavy (non-hydrogen) atoms. The van der Waals surface area contributed by atoms with Crippen molar-refractivity contribution >= 4 is 51.4 Å². The fourth-order valence-electron chi connectivity index (χ4n) is 3.16. The van der Waals surface area contributed by atoms with Crippen LogP contribution >= 0.6 is 24.0 Å². The van der Waals surface area contributed by atoms with Crippen LogP contribution in [0.4, 0.5) is 5.69 Å². The minimum absolute atomic E-state index is 0. The van der Waals surface area contributed by atoms with E-state index in [4.69, 9.17) is 9.47 Å². The average molecular weight is 552 g/mol. The number of aliphatic imine (C=N–C) groups is 1. The van der Waals surface area contributed by atoms with Crippen LogP contribution in [0.3, 0.4) is 0 Å². The van der Waals surface area contributed by atoms with Gasteiger partial charge in [0.25, 0.3) is 0 Å². The van der Waals surface area contributed by atoms with Crippen LogP contribution in [0.2, 0.25) is 0 Å². The van der Waals surface area contributed by atoms with Crippen LogP contribution in [0.15, 0.2) is 23.2 Å². The summed E-state index contributed by atoms with van der Waals surface area (Å²) in [5.74, 6) is 1.94. The summed E-state index contributed by atoms with van der Waals surface area (Å²) in [7, 11) is -3.01. The molecule has 1 fully saturated rings. The van der Waals surface area contributed by atoms with Gasteiger partial charge in [0.2, 0.25) is 5.91 Å². The molecule has 2 heterocycles. The van der Waals surface area contributed by atoms with Gasteiger partial charge < -0.3 is 25.4 Å². The highest BCUT2D eigenvalue weighted by atomic mass is 127. The lowest BCUT2D eigenvalue weighted by Crippen LogP contribution is -2.36. The Kier molecular flexibility index (Phi) is 9.46. The Hall–Kier alpha value is -1.76. The highest BCUT2D eigenvalue weighted by Crippen LogP contribution is 2.32. The quantitative estimate of drug-likeness (QED) is 0.279. The molecule has 168 valence electrons. The predicted molar refractivity (Wildman–Crippen MR) is 127 cm³/mol. The fraction of sp³-hybridized carbons (Fsp3) is 0.579. The monoisotopic (exact) mass is 552 g/mol. The van der Waals surface area contributed by atoms with E-state index in [1.165, 1.54) is 0 Å². The maximum atomic E-state index is 12.1. The second kappa shape index (κ2) is 11.6. The van der Waals surface area contributed by atoms with E-state index in [1.807, 2.05) is 25.1 Å². The molecule has 0 aromatic heterocycles. The zero-order chi connectivity index (χ0) is 20.7. The van der Waals surface area contributed by atoms with Crippen molar-refractivity contribution in [2.75, 3.05) is 43.1 Å². The van der Waals surface area contributed by atoms with Crippen molar-refractivity contribution in [2.45, 2.75) is 32.2 Å². The molecular weight excluding hydrogens is 523 g/mol. The van der Waals surface area contributed by atoms with Gasteiger partial charge in [0.15, 0.2) is 27.3 Å². The highest BCUT2D eigenvalue weighted by Gasteiger charge is 2.28. The zero-order valence-corrected chi connectivity index (χ0v) is 20.1. The molecule has 2 aliphatic heterocycles. The molecule has 1 aromatic rings. The molecule has 0 radical (unpaired) electrons. The molecule has 11 heteroatoms. The highest BCUT2D eigenvalue weighted by molar-refractivity contribution is 14.0. The number of nitrogens with zero attached hydrogens (tertiary/aromatic N) is 1. The third-order valence-electron chi connectivity index (χ3n) is 4.56. The van der Waals surface area contributed by atoms with E-state index in [1.54, 1.807) is 0 Å². The molecule has 2 aliphatic rings. The van der Waals surface area contributed by atoms with Gasteiger partial charge in [-0.2, -0.15) is 0 Å². The van der Waals surface area contributed by atoms with Gasteiger partial charge in [-0.25, -0.2) is 8.42 Å². The third-order valence-corrected chi connectivity index (χ3v) is 6.33. The fourth-order valence-corrected chi connectivity index (χ4v) is 4.84. The lowest BCUT2D eigenvalue weighted by atomic mass is 10.2. The molecule has 1 unspecified atom stereocenters. The number of carbonyl (C=O) groups is 1. The Morgan fingerprint density at radius 1 is 1.23 bits per heavy atom. The number of benzene rings is 1. The number of fused-ring (bicyclic) bond motifs is 1. The number of amides is 1. The number of hydrogen-bond acceptors (Lipinski definition) is 6. The lowest BCUT2D eigenvalue weighted by Gasteiger charge is -2.14. The first-order chi connectivity index (χ1) is 13.9. The van der Waals surface area contributed by atoms with E-state index in [-0.39, 0.29) is 60.4 Å². The van der Waals surface area contributed by atoms with Crippen molar-refractivity contribution in [3.63, 3.8) is 0 Å². The van der Waals surface area contributed by atoms with Gasteiger partial charge in [0.05, 0.1) is 31.3 Å². The van der Waals surface area contributed by atoms with E-state index < -0.39 is 9.84 Å². The SMILES string of the molecule is CCNC(=NCCC(=O)NC1CCS(=O)(=O)C1)Nc1ccc2c(c1)OCCCO2.I. The molecule has 1 atom stereocenters. The number of hydrogen-bond donors (Lipinski definition) is 3. The standard InChI is InChI=1S/C19H28N4O5S.HI/c1-2-20-19(21-8-6-18(24)22-15-7-11-29(25,26)13-15)23-14-4-5-16-17(12-14)28-10-3-9-27-16;/h4-5,12,15H,2-3,6-11,13H2,1H3,(H,22,24)(H2,20,21,23);1H. The van der Waals surface area contributed by atoms with Gasteiger partial charge >= 0.3 is 0 Å². The van der Waals surface area contributed by atoms with Crippen molar-refractivity contribution in [3.8, 4) is 11.5 Å². The lowest BCUT2D eigenvalue weighted by molar-refractivity contribution is -0.121. The minimum atomic E-state index is -3.01. The Bertz CT molecular complexity index is 862. The van der Waals surface area contributed by atoms with Crippen molar-refractivity contribution in [3.05, 3.63) is 18.2 Å². The van der Waals surface area contributed by atoms with Crippen LogP contribution in [0, 0.1) is 0 Å². The van der Waals surface area contributed by atoms with Crippen molar-refractivity contribution in [1.29, 1.82) is 0 Å². The normalized spacial score (nSPS) is 19.9. The molecule has 0 spiro atoms. The number of rotatable bonds is 6. The van der Waals surface area contributed by atoms with Gasteiger partial charge in [0.1, 0.15) is 0 Å². The van der Waals surface area contributed by atoms with Gasteiger partial charge in [-0.3, -0.25) is 9.79 Å². The summed E-state index contributed by atoms with van der Waals surface area (Å²) < 4.78 is 34.3. The number of sulfone groups is 1. The number of halogens is 1. The average Bonchev–Trinajstić information content (AvgIpc) is 2.87. The summed E-state index contributed by atoms with van der Waals surface area (Å²) in [6.45, 7) is 4.16. The van der Waals surface area contributed by atoms with E-state index in [2.05, 4.69) is 20.9 Å². The summed E-state index contributed by atoms with van der Waals surface area (Å²) >= 11 is 0. The van der Waals surface area contributed by atoms with Gasteiger partial charge in [0, 0.05) is 37.2 Å². The van der Waals surface area contributed by atoms with Crippen LogP contribution in [-0.2, 0) is 14.6 Å². The van der Waals surface area contributed by atoms with Crippen LogP contribution in [0.5, 0.6) is 11.5 Å². The van der Waals surface area contributed by atoms with E-state index in [0.29, 0.717) is 37.9 Å². The first kappa shape index (κ1) is 24.5. The summed E-state index contributed by atoms with van der Waals surface area (Å²) in [5, 5.41) is 9.11. The van der Waals surface area contributed by atoms with Crippen molar-refractivity contribution < 1.29 is 22.7 Å². The predicted octanol–water partition coefficient (Wildman–Crippen LogP) is 1.54. The summed E-state index contributed by atoms with van der Waals surface area (Å²) in [6, 6.07) is 5.31. The maximum absolute atomic E-state index is 12.1. The van der Waals surface area contributed by atoms with Crippen LogP contribution < -0.4 is 25.4 Å². The second-order valence-electron chi connectivity index (χ2n) is 7.02. The second-order valence-corrected chi connectivity index (χ2v) is 9.24. The largest absolute Gasteiger partial charge is 0.490 e. The molecule has 0 aliphatic carbocycles. The molecule has 0 saturated carbocycles. The number of carbonyl (C=O) groups excluding carboxylic acids is 1. The summed E-state index contributed by atoms with van der Waals surface area (Å²) in [6.07, 6.45) is 1.51. The number of nitrogens with one attached hydrogen (secondary N) is 3. The first-order valence-electron chi connectivity index (χ1n) is 9.90. The van der Waals surface area contributed by atoms with E-state index in [9.17, 15) is 13.2 Å². The minimum Gasteiger partial charge on any atom is -0.490 e. The molecule has 3 rings (SSSR count). The molecule has 3 N–H and O–H groups in total. The van der Waals surface area contributed by atoms with E-state index in [0.717, 1.165) is 17.9 Å². The molecule has 0 bridgehead atoms. The Labute approximate surface area is 194 Å². The Morgan fingerprint density at radius 3 is 2.70 bits per heavy atom. The van der Waals surface area contributed by atoms with Crippen LogP contribution in [0.1, 0.15) is 26.2 Å². The van der Waals surface area contributed by atoms with E-state index >= 15 is 0 Å². The van der Waals surface area contributed by atoms with Crippen molar-refractivity contribution in [2.24, 2.45) is 4.99 Å². The Balaban J connectivity index is 0.00000320. The smallest absolute Gasteiger partial charge is 0.222 e. The number of ether oxygens (including phenoxy) is 2. The van der Waals surface area contributed by atoms with Gasteiger partial charge in [-0.05, 0) is 25.5 Å². The summed E-state index contributed by atoms with van der Waals surface area (Å²) in [4.78, 5) is 16.5. The Morgan fingerprint density at radius 2 is 2.00 bits per heavy atom. The topological polar surface area (TPSA) is 118 Å². The number of anilines is 1. The van der Waals surface area contributed by atoms with Gasteiger partial charge in [-0.15, -0.1) is 24.0 Å². The third kappa shape index (κ3) is 7.49. The van der Waals surface area contributed by atoms with Crippen LogP contribution in [-0.4, -0.2) is 64.1 Å². The zero-order valence-electron chi connectivity index (χ0n) is 17.0. The molecule has 1 amide bonds. The maximum Gasteiger partial charge on any atom is 0.222 e. The van der Waals surface area contributed by atoms with Crippen LogP contribution in [0.25, 0.3) is 0 Å². The van der Waals surface area contributed by atoms with Gasteiger partial charge in [-0.1, -0.05) is 0 Å². The molecule has 1 saturated heterocycles. The molecule has 1 aromatic carbocycles. The van der Waals surface area contributed by atoms with Crippen molar-refractivity contribution in [1.82, 2.24) is 10.6 Å². The number of guanidine groups is 1. The first-order valence-corrected chi connectivity index (χ1v) is 11.7. The molecular formula is C19H29IN4O5S. The summed E-state index contributed by atoms with van der Waals surface area (Å²) in [5.41, 5.74) is 0.801. The molecule has 9 nitrogen and oxygen atoms in total.